The SMILES string of the molecule is CCc1oc(C(=O)NCC2(CCOC)CC2)cc1C(=O)O. The number of carboxylic acid groups (broad SMARTS) is 1. The van der Waals surface area contributed by atoms with Gasteiger partial charge in [0.15, 0.2) is 5.76 Å². The topological polar surface area (TPSA) is 88.8 Å². The number of amides is 1. The van der Waals surface area contributed by atoms with Gasteiger partial charge in [-0.3, -0.25) is 4.79 Å². The molecule has 2 rings (SSSR count). The number of furan rings is 1. The summed E-state index contributed by atoms with van der Waals surface area (Å²) in [4.78, 5) is 23.1. The summed E-state index contributed by atoms with van der Waals surface area (Å²) in [6, 6.07) is 1.30. The molecule has 1 amide bonds. The fraction of sp³-hybridized carbons (Fsp3) is 0.600. The molecule has 1 aliphatic rings. The first kappa shape index (κ1) is 15.6. The number of carbonyl (C=O) groups excluding carboxylic acids is 1. The Balaban J connectivity index is 1.96. The second kappa shape index (κ2) is 6.30. The number of nitrogens with one attached hydrogen (secondary N) is 1. The Bertz CT molecular complexity index is 530. The fourth-order valence-corrected chi connectivity index (χ4v) is 2.35. The second-order valence-electron chi connectivity index (χ2n) is 5.53. The molecule has 1 aromatic heterocycles. The molecule has 116 valence electrons. The lowest BCUT2D eigenvalue weighted by atomic mass is 10.0. The van der Waals surface area contributed by atoms with Crippen LogP contribution in [0.4, 0.5) is 0 Å². The van der Waals surface area contributed by atoms with Gasteiger partial charge in [0, 0.05) is 32.7 Å². The van der Waals surface area contributed by atoms with Gasteiger partial charge in [0.05, 0.1) is 0 Å². The average molecular weight is 295 g/mol. The average Bonchev–Trinajstić information content (AvgIpc) is 3.10. The van der Waals surface area contributed by atoms with Crippen LogP contribution in [0.1, 0.15) is 52.9 Å². The van der Waals surface area contributed by atoms with E-state index in [1.165, 1.54) is 6.07 Å². The van der Waals surface area contributed by atoms with Gasteiger partial charge in [-0.05, 0) is 24.7 Å². The summed E-state index contributed by atoms with van der Waals surface area (Å²) < 4.78 is 10.4. The van der Waals surface area contributed by atoms with Gasteiger partial charge < -0.3 is 19.6 Å². The Morgan fingerprint density at radius 2 is 2.19 bits per heavy atom. The first-order valence-electron chi connectivity index (χ1n) is 7.14. The number of aryl methyl sites for hydroxylation is 1. The minimum atomic E-state index is -1.08. The van der Waals surface area contributed by atoms with E-state index in [0.29, 0.717) is 25.3 Å². The first-order chi connectivity index (χ1) is 10.0. The molecule has 1 saturated carbocycles. The molecule has 0 aliphatic heterocycles. The number of carboxylic acids is 1. The molecule has 1 aliphatic carbocycles. The lowest BCUT2D eigenvalue weighted by Crippen LogP contribution is -2.30. The van der Waals surface area contributed by atoms with E-state index in [4.69, 9.17) is 14.3 Å². The molecule has 0 bridgehead atoms. The Morgan fingerprint density at radius 1 is 1.48 bits per heavy atom. The van der Waals surface area contributed by atoms with Crippen LogP contribution in [0.3, 0.4) is 0 Å². The van der Waals surface area contributed by atoms with Crippen molar-refractivity contribution in [2.24, 2.45) is 5.41 Å². The van der Waals surface area contributed by atoms with Crippen molar-refractivity contribution in [1.82, 2.24) is 5.32 Å². The van der Waals surface area contributed by atoms with Crippen molar-refractivity contribution in [3.05, 3.63) is 23.2 Å². The van der Waals surface area contributed by atoms with Gasteiger partial charge in [0.25, 0.3) is 5.91 Å². The Morgan fingerprint density at radius 3 is 2.67 bits per heavy atom. The number of ether oxygens (including phenoxy) is 1. The number of rotatable bonds is 8. The molecule has 1 aromatic rings. The van der Waals surface area contributed by atoms with Gasteiger partial charge in [-0.15, -0.1) is 0 Å². The van der Waals surface area contributed by atoms with Gasteiger partial charge in [-0.2, -0.15) is 0 Å². The molecule has 21 heavy (non-hydrogen) atoms. The molecule has 0 atom stereocenters. The van der Waals surface area contributed by atoms with Gasteiger partial charge >= 0.3 is 5.97 Å². The summed E-state index contributed by atoms with van der Waals surface area (Å²) >= 11 is 0. The van der Waals surface area contributed by atoms with Crippen molar-refractivity contribution in [1.29, 1.82) is 0 Å². The zero-order valence-corrected chi connectivity index (χ0v) is 12.4. The van der Waals surface area contributed by atoms with Gasteiger partial charge in [0.2, 0.25) is 0 Å². The molecule has 6 heteroatoms. The van der Waals surface area contributed by atoms with Crippen LogP contribution in [0.25, 0.3) is 0 Å². The Labute approximate surface area is 123 Å². The highest BCUT2D eigenvalue weighted by Gasteiger charge is 2.42. The quantitative estimate of drug-likeness (QED) is 0.766. The largest absolute Gasteiger partial charge is 0.478 e. The van der Waals surface area contributed by atoms with E-state index in [-0.39, 0.29) is 22.6 Å². The summed E-state index contributed by atoms with van der Waals surface area (Å²) in [5, 5.41) is 11.9. The van der Waals surface area contributed by atoms with Crippen LogP contribution >= 0.6 is 0 Å². The number of hydrogen-bond acceptors (Lipinski definition) is 4. The van der Waals surface area contributed by atoms with Crippen molar-refractivity contribution in [3.63, 3.8) is 0 Å². The second-order valence-corrected chi connectivity index (χ2v) is 5.53. The highest BCUT2D eigenvalue weighted by atomic mass is 16.5. The Kier molecular flexibility index (Phi) is 4.67. The summed E-state index contributed by atoms with van der Waals surface area (Å²) in [5.74, 6) is -1.05. The maximum Gasteiger partial charge on any atom is 0.339 e. The van der Waals surface area contributed by atoms with Crippen molar-refractivity contribution in [3.8, 4) is 0 Å². The van der Waals surface area contributed by atoms with Crippen LogP contribution in [-0.4, -0.2) is 37.2 Å². The molecule has 0 saturated heterocycles. The molecular weight excluding hydrogens is 274 g/mol. The van der Waals surface area contributed by atoms with Crippen LogP contribution in [0.5, 0.6) is 0 Å². The van der Waals surface area contributed by atoms with E-state index in [9.17, 15) is 9.59 Å². The van der Waals surface area contributed by atoms with Crippen LogP contribution < -0.4 is 5.32 Å². The van der Waals surface area contributed by atoms with Crippen LogP contribution in [0, 0.1) is 5.41 Å². The lowest BCUT2D eigenvalue weighted by molar-refractivity contribution is 0.0694. The maximum absolute atomic E-state index is 12.1. The third-order valence-corrected chi connectivity index (χ3v) is 4.00. The van der Waals surface area contributed by atoms with E-state index >= 15 is 0 Å². The van der Waals surface area contributed by atoms with Gasteiger partial charge in [-0.1, -0.05) is 6.92 Å². The summed E-state index contributed by atoms with van der Waals surface area (Å²) in [6.45, 7) is 3.04. The predicted molar refractivity (Wildman–Crippen MR) is 75.5 cm³/mol. The molecule has 1 heterocycles. The molecule has 0 spiro atoms. The minimum absolute atomic E-state index is 0.0585. The van der Waals surface area contributed by atoms with Crippen molar-refractivity contribution >= 4 is 11.9 Å². The summed E-state index contributed by atoms with van der Waals surface area (Å²) in [7, 11) is 1.66. The van der Waals surface area contributed by atoms with E-state index in [2.05, 4.69) is 5.32 Å². The summed E-state index contributed by atoms with van der Waals surface area (Å²) in [6.07, 6.45) is 3.51. The van der Waals surface area contributed by atoms with E-state index < -0.39 is 5.97 Å². The van der Waals surface area contributed by atoms with E-state index in [0.717, 1.165) is 19.3 Å². The van der Waals surface area contributed by atoms with Crippen LogP contribution in [0.2, 0.25) is 0 Å². The van der Waals surface area contributed by atoms with Crippen molar-refractivity contribution < 1.29 is 23.8 Å². The lowest BCUT2D eigenvalue weighted by Gasteiger charge is -2.14. The number of methoxy groups -OCH3 is 1. The van der Waals surface area contributed by atoms with Gasteiger partial charge in [-0.25, -0.2) is 4.79 Å². The fourth-order valence-electron chi connectivity index (χ4n) is 2.35. The third kappa shape index (κ3) is 3.64. The molecular formula is C15H21NO5. The molecule has 0 unspecified atom stereocenters. The number of carbonyl (C=O) groups is 2. The van der Waals surface area contributed by atoms with E-state index in [1.54, 1.807) is 14.0 Å². The highest BCUT2D eigenvalue weighted by molar-refractivity contribution is 5.96. The molecule has 6 nitrogen and oxygen atoms in total. The minimum Gasteiger partial charge on any atom is -0.478 e. The Hall–Kier alpha value is -1.82. The first-order valence-corrected chi connectivity index (χ1v) is 7.14. The molecule has 2 N–H and O–H groups in total. The zero-order valence-electron chi connectivity index (χ0n) is 12.4. The standard InChI is InChI=1S/C15H21NO5/c1-3-11-10(14(18)19)8-12(21-11)13(17)16-9-15(4-5-15)6-7-20-2/h8H,3-7,9H2,1-2H3,(H,16,17)(H,18,19). The molecule has 0 radical (unpaired) electrons. The highest BCUT2D eigenvalue weighted by Crippen LogP contribution is 2.48. The van der Waals surface area contributed by atoms with Crippen molar-refractivity contribution in [2.45, 2.75) is 32.6 Å². The maximum atomic E-state index is 12.1. The smallest absolute Gasteiger partial charge is 0.339 e. The number of aromatic carboxylic acids is 1. The molecule has 1 fully saturated rings. The van der Waals surface area contributed by atoms with Crippen LogP contribution in [0.15, 0.2) is 10.5 Å². The van der Waals surface area contributed by atoms with Crippen molar-refractivity contribution in [2.75, 3.05) is 20.3 Å². The normalized spacial score (nSPS) is 15.7. The summed E-state index contributed by atoms with van der Waals surface area (Å²) in [5.41, 5.74) is 0.199. The predicted octanol–water partition coefficient (Wildman–Crippen LogP) is 2.09. The van der Waals surface area contributed by atoms with E-state index in [1.807, 2.05) is 0 Å². The molecule has 0 aromatic carbocycles. The zero-order chi connectivity index (χ0) is 15.5. The van der Waals surface area contributed by atoms with Crippen LogP contribution in [-0.2, 0) is 11.2 Å². The van der Waals surface area contributed by atoms with Gasteiger partial charge in [0.1, 0.15) is 11.3 Å². The number of hydrogen-bond donors (Lipinski definition) is 2. The third-order valence-electron chi connectivity index (χ3n) is 4.00. The monoisotopic (exact) mass is 295 g/mol.